The molecule has 1 amide bonds. The van der Waals surface area contributed by atoms with Gasteiger partial charge in [-0.3, -0.25) is 14.6 Å². The average molecular weight is 488 g/mol. The molecule has 0 aliphatic rings. The summed E-state index contributed by atoms with van der Waals surface area (Å²) >= 11 is 2.07. The molecule has 0 radical (unpaired) electrons. The lowest BCUT2D eigenvalue weighted by Gasteiger charge is -2.12. The fourth-order valence-corrected chi connectivity index (χ4v) is 2.99. The van der Waals surface area contributed by atoms with Crippen LogP contribution in [0.2, 0.25) is 0 Å². The summed E-state index contributed by atoms with van der Waals surface area (Å²) in [5, 5.41) is 2.57. The molecule has 0 saturated heterocycles. The number of pyridine rings is 1. The van der Waals surface area contributed by atoms with Crippen LogP contribution in [-0.2, 0) is 16.1 Å². The minimum Gasteiger partial charge on any atom is -0.459 e. The molecular weight excluding hydrogens is 471 g/mol. The normalized spacial score (nSPS) is 10.2. The van der Waals surface area contributed by atoms with Crippen molar-refractivity contribution in [2.75, 3.05) is 6.54 Å². The number of esters is 1. The van der Waals surface area contributed by atoms with Crippen LogP contribution in [-0.4, -0.2) is 23.4 Å². The first-order chi connectivity index (χ1) is 13.6. The van der Waals surface area contributed by atoms with Crippen molar-refractivity contribution in [2.45, 2.75) is 6.61 Å². The van der Waals surface area contributed by atoms with Crippen LogP contribution in [0.5, 0.6) is 11.5 Å². The summed E-state index contributed by atoms with van der Waals surface area (Å²) in [6.07, 6.45) is 3.26. The van der Waals surface area contributed by atoms with E-state index >= 15 is 0 Å². The Kier molecular flexibility index (Phi) is 6.96. The Bertz CT molecular complexity index is 963. The van der Waals surface area contributed by atoms with Crippen LogP contribution in [0.25, 0.3) is 0 Å². The van der Waals surface area contributed by atoms with Crippen LogP contribution in [0.1, 0.15) is 15.9 Å². The van der Waals surface area contributed by atoms with Gasteiger partial charge in [-0.25, -0.2) is 0 Å². The lowest BCUT2D eigenvalue weighted by Crippen LogP contribution is -2.31. The van der Waals surface area contributed by atoms with Crippen LogP contribution >= 0.6 is 22.6 Å². The maximum Gasteiger partial charge on any atom is 0.325 e. The molecule has 0 bridgehead atoms. The molecule has 1 heterocycles. The Labute approximate surface area is 176 Å². The minimum atomic E-state index is -0.532. The van der Waals surface area contributed by atoms with Gasteiger partial charge >= 0.3 is 5.97 Å². The highest BCUT2D eigenvalue weighted by molar-refractivity contribution is 14.1. The molecule has 7 heteroatoms. The van der Waals surface area contributed by atoms with E-state index in [0.29, 0.717) is 22.6 Å². The van der Waals surface area contributed by atoms with E-state index in [9.17, 15) is 9.59 Å². The van der Waals surface area contributed by atoms with Gasteiger partial charge in [0.15, 0.2) is 0 Å². The standard InChI is InChI=1S/C21H17IN2O4/c22-18-9-3-2-8-17(18)21(26)24-13-20(25)27-14-15-6-1-4-10-19(15)28-16-7-5-11-23-12-16/h1-12H,13-14H2,(H,24,26). The molecule has 0 fully saturated rings. The first-order valence-electron chi connectivity index (χ1n) is 8.47. The molecule has 6 nitrogen and oxygen atoms in total. The number of benzene rings is 2. The van der Waals surface area contributed by atoms with Crippen molar-refractivity contribution in [3.63, 3.8) is 0 Å². The van der Waals surface area contributed by atoms with Gasteiger partial charge in [-0.2, -0.15) is 0 Å². The highest BCUT2D eigenvalue weighted by atomic mass is 127. The van der Waals surface area contributed by atoms with E-state index in [1.807, 2.05) is 30.3 Å². The Balaban J connectivity index is 1.54. The molecule has 0 aliphatic heterocycles. The van der Waals surface area contributed by atoms with Gasteiger partial charge in [0.05, 0.1) is 11.8 Å². The third-order valence-electron chi connectivity index (χ3n) is 3.74. The van der Waals surface area contributed by atoms with Crippen molar-refractivity contribution in [3.05, 3.63) is 87.8 Å². The number of para-hydroxylation sites is 1. The largest absolute Gasteiger partial charge is 0.459 e. The SMILES string of the molecule is O=C(CNC(=O)c1ccccc1I)OCc1ccccc1Oc1cccnc1. The van der Waals surface area contributed by atoms with Crippen LogP contribution in [0, 0.1) is 3.57 Å². The molecule has 0 spiro atoms. The monoisotopic (exact) mass is 488 g/mol. The van der Waals surface area contributed by atoms with Gasteiger partial charge in [0.25, 0.3) is 5.91 Å². The molecule has 1 aromatic heterocycles. The van der Waals surface area contributed by atoms with Crippen LogP contribution < -0.4 is 10.1 Å². The molecule has 0 atom stereocenters. The Morgan fingerprint density at radius 2 is 1.79 bits per heavy atom. The molecule has 28 heavy (non-hydrogen) atoms. The number of rotatable bonds is 7. The van der Waals surface area contributed by atoms with Gasteiger partial charge in [0.2, 0.25) is 0 Å². The van der Waals surface area contributed by atoms with Crippen molar-refractivity contribution in [1.29, 1.82) is 0 Å². The zero-order valence-electron chi connectivity index (χ0n) is 14.8. The number of hydrogen-bond acceptors (Lipinski definition) is 5. The molecular formula is C21H17IN2O4. The van der Waals surface area contributed by atoms with E-state index in [4.69, 9.17) is 9.47 Å². The van der Waals surface area contributed by atoms with Crippen molar-refractivity contribution in [3.8, 4) is 11.5 Å². The second-order valence-electron chi connectivity index (χ2n) is 5.72. The Hall–Kier alpha value is -2.94. The fraction of sp³-hybridized carbons (Fsp3) is 0.0952. The zero-order valence-corrected chi connectivity index (χ0v) is 17.0. The predicted molar refractivity (Wildman–Crippen MR) is 112 cm³/mol. The number of amides is 1. The highest BCUT2D eigenvalue weighted by Gasteiger charge is 2.12. The van der Waals surface area contributed by atoms with Crippen LogP contribution in [0.15, 0.2) is 73.1 Å². The van der Waals surface area contributed by atoms with Gasteiger partial charge in [-0.1, -0.05) is 30.3 Å². The van der Waals surface area contributed by atoms with E-state index in [-0.39, 0.29) is 19.1 Å². The number of carbonyl (C=O) groups excluding carboxylic acids is 2. The average Bonchev–Trinajstić information content (AvgIpc) is 2.72. The lowest BCUT2D eigenvalue weighted by molar-refractivity contribution is -0.143. The van der Waals surface area contributed by atoms with Gasteiger partial charge in [-0.05, 0) is 52.9 Å². The van der Waals surface area contributed by atoms with Crippen molar-refractivity contribution in [2.24, 2.45) is 0 Å². The Morgan fingerprint density at radius 3 is 2.57 bits per heavy atom. The quantitative estimate of drug-likeness (QED) is 0.403. The number of halogens is 1. The summed E-state index contributed by atoms with van der Waals surface area (Å²) in [4.78, 5) is 28.2. The third-order valence-corrected chi connectivity index (χ3v) is 4.68. The van der Waals surface area contributed by atoms with Gasteiger partial charge < -0.3 is 14.8 Å². The number of nitrogens with zero attached hydrogens (tertiary/aromatic N) is 1. The number of aromatic nitrogens is 1. The maximum atomic E-state index is 12.2. The highest BCUT2D eigenvalue weighted by Crippen LogP contribution is 2.25. The fourth-order valence-electron chi connectivity index (χ4n) is 2.36. The third kappa shape index (κ3) is 5.53. The smallest absolute Gasteiger partial charge is 0.325 e. The maximum absolute atomic E-state index is 12.2. The van der Waals surface area contributed by atoms with E-state index in [1.54, 1.807) is 42.7 Å². The number of hydrogen-bond donors (Lipinski definition) is 1. The van der Waals surface area contributed by atoms with Crippen molar-refractivity contribution < 1.29 is 19.1 Å². The second-order valence-corrected chi connectivity index (χ2v) is 6.88. The van der Waals surface area contributed by atoms with Crippen molar-refractivity contribution in [1.82, 2.24) is 10.3 Å². The molecule has 2 aromatic carbocycles. The van der Waals surface area contributed by atoms with E-state index < -0.39 is 5.97 Å². The summed E-state index contributed by atoms with van der Waals surface area (Å²) in [5.74, 6) is 0.315. The van der Waals surface area contributed by atoms with Gasteiger partial charge in [-0.15, -0.1) is 0 Å². The number of ether oxygens (including phenoxy) is 2. The Morgan fingerprint density at radius 1 is 1.00 bits per heavy atom. The first kappa shape index (κ1) is 19.8. The lowest BCUT2D eigenvalue weighted by atomic mass is 10.2. The zero-order chi connectivity index (χ0) is 19.8. The minimum absolute atomic E-state index is 0.0357. The summed E-state index contributed by atoms with van der Waals surface area (Å²) in [7, 11) is 0. The predicted octanol–water partition coefficient (Wildman–Crippen LogP) is 3.95. The van der Waals surface area contributed by atoms with Crippen molar-refractivity contribution >= 4 is 34.5 Å². The molecule has 142 valence electrons. The number of nitrogens with one attached hydrogen (secondary N) is 1. The first-order valence-corrected chi connectivity index (χ1v) is 9.55. The molecule has 3 rings (SSSR count). The molecule has 0 aliphatic carbocycles. The van der Waals surface area contributed by atoms with Crippen LogP contribution in [0.4, 0.5) is 0 Å². The topological polar surface area (TPSA) is 77.5 Å². The van der Waals surface area contributed by atoms with E-state index in [2.05, 4.69) is 32.9 Å². The summed E-state index contributed by atoms with van der Waals surface area (Å²) in [6, 6.07) is 18.0. The summed E-state index contributed by atoms with van der Waals surface area (Å²) < 4.78 is 11.9. The summed E-state index contributed by atoms with van der Waals surface area (Å²) in [6.45, 7) is -0.177. The van der Waals surface area contributed by atoms with E-state index in [1.165, 1.54) is 0 Å². The molecule has 0 unspecified atom stereocenters. The van der Waals surface area contributed by atoms with Gasteiger partial charge in [0, 0.05) is 15.3 Å². The molecule has 0 saturated carbocycles. The van der Waals surface area contributed by atoms with E-state index in [0.717, 1.165) is 3.57 Å². The van der Waals surface area contributed by atoms with Crippen LogP contribution in [0.3, 0.4) is 0 Å². The number of carbonyl (C=O) groups is 2. The van der Waals surface area contributed by atoms with Gasteiger partial charge in [0.1, 0.15) is 24.7 Å². The summed E-state index contributed by atoms with van der Waals surface area (Å²) in [5.41, 5.74) is 1.23. The molecule has 3 aromatic rings. The molecule has 1 N–H and O–H groups in total. The second kappa shape index (κ2) is 9.84.